The number of fused-ring (bicyclic) bond motifs is 1. The largest absolute Gasteiger partial charge is 0.495 e. The smallest absolute Gasteiger partial charge is 0.337 e. The van der Waals surface area contributed by atoms with E-state index >= 15 is 0 Å². The lowest BCUT2D eigenvalue weighted by Crippen LogP contribution is -2.31. The first-order valence-corrected chi connectivity index (χ1v) is 9.52. The Morgan fingerprint density at radius 3 is 2.87 bits per heavy atom. The molecule has 1 amide bonds. The molecule has 1 aliphatic rings. The summed E-state index contributed by atoms with van der Waals surface area (Å²) in [5.74, 6) is 0.0246. The van der Waals surface area contributed by atoms with Gasteiger partial charge in [-0.2, -0.15) is 0 Å². The Kier molecular flexibility index (Phi) is 5.54. The second-order valence-corrected chi connectivity index (χ2v) is 6.79. The number of methoxy groups -OCH3 is 2. The van der Waals surface area contributed by atoms with Gasteiger partial charge in [0, 0.05) is 30.7 Å². The van der Waals surface area contributed by atoms with Crippen LogP contribution in [0.15, 0.2) is 54.1 Å². The molecule has 1 aliphatic heterocycles. The summed E-state index contributed by atoms with van der Waals surface area (Å²) in [7, 11) is 2.77. The molecule has 31 heavy (non-hydrogen) atoms. The van der Waals surface area contributed by atoms with E-state index in [1.807, 2.05) is 24.5 Å². The molecule has 4 rings (SSSR count). The number of hydrogen-bond acceptors (Lipinski definition) is 8. The van der Waals surface area contributed by atoms with Crippen molar-refractivity contribution in [3.8, 4) is 17.0 Å². The van der Waals surface area contributed by atoms with Gasteiger partial charge in [0.2, 0.25) is 5.78 Å². The Morgan fingerprint density at radius 1 is 1.32 bits per heavy atom. The molecule has 0 saturated carbocycles. The molecule has 0 saturated heterocycles. The van der Waals surface area contributed by atoms with E-state index in [1.54, 1.807) is 22.7 Å². The normalized spacial score (nSPS) is 13.8. The standard InChI is InChI=1S/C21H21N5O5/c1-30-17-5-4-13(16-12-26-7-3-6-22-21(26)24-16)10-15(17)23-18-14(20(29)31-2)11-25(8-9-27)19(18)28/h3-7,10,12,23,27H,8-9,11H2,1-2H3. The lowest BCUT2D eigenvalue weighted by Gasteiger charge is -2.16. The average molecular weight is 423 g/mol. The van der Waals surface area contributed by atoms with E-state index in [0.717, 1.165) is 5.56 Å². The molecule has 10 nitrogen and oxygen atoms in total. The Hall–Kier alpha value is -3.92. The number of rotatable bonds is 7. The fourth-order valence-corrected chi connectivity index (χ4v) is 3.42. The van der Waals surface area contributed by atoms with Crippen LogP contribution in [0.2, 0.25) is 0 Å². The predicted octanol–water partition coefficient (Wildman–Crippen LogP) is 1.08. The van der Waals surface area contributed by atoms with Crippen molar-refractivity contribution >= 4 is 23.3 Å². The minimum Gasteiger partial charge on any atom is -0.495 e. The van der Waals surface area contributed by atoms with Crippen LogP contribution in [0.1, 0.15) is 0 Å². The van der Waals surface area contributed by atoms with E-state index in [-0.39, 0.29) is 31.0 Å². The Balaban J connectivity index is 1.73. The summed E-state index contributed by atoms with van der Waals surface area (Å²) in [6.07, 6.45) is 5.36. The van der Waals surface area contributed by atoms with Crippen LogP contribution in [0.5, 0.6) is 5.75 Å². The first-order chi connectivity index (χ1) is 15.0. The van der Waals surface area contributed by atoms with Gasteiger partial charge in [-0.3, -0.25) is 9.20 Å². The Bertz CT molecular complexity index is 1150. The number of imidazole rings is 1. The van der Waals surface area contributed by atoms with Crippen LogP contribution in [-0.4, -0.2) is 70.2 Å². The minimum atomic E-state index is -0.613. The van der Waals surface area contributed by atoms with Crippen molar-refractivity contribution in [2.45, 2.75) is 0 Å². The molecule has 0 bridgehead atoms. The van der Waals surface area contributed by atoms with Crippen LogP contribution in [0.25, 0.3) is 17.0 Å². The van der Waals surface area contributed by atoms with Gasteiger partial charge in [-0.15, -0.1) is 0 Å². The number of β-amino-alcohol motifs (C(OH)–C–C–N with tert-alkyl or cyclic N) is 1. The first kappa shape index (κ1) is 20.4. The van der Waals surface area contributed by atoms with E-state index in [4.69, 9.17) is 9.47 Å². The third kappa shape index (κ3) is 3.80. The number of amides is 1. The molecule has 2 aromatic heterocycles. The van der Waals surface area contributed by atoms with Gasteiger partial charge in [-0.05, 0) is 24.3 Å². The second-order valence-electron chi connectivity index (χ2n) is 6.79. The van der Waals surface area contributed by atoms with Crippen molar-refractivity contribution < 1.29 is 24.2 Å². The third-order valence-corrected chi connectivity index (χ3v) is 4.94. The van der Waals surface area contributed by atoms with Gasteiger partial charge >= 0.3 is 5.97 Å². The van der Waals surface area contributed by atoms with E-state index in [0.29, 0.717) is 22.9 Å². The predicted molar refractivity (Wildman–Crippen MR) is 111 cm³/mol. The molecule has 2 N–H and O–H groups in total. The minimum absolute atomic E-state index is 0.0501. The number of aliphatic hydroxyl groups is 1. The van der Waals surface area contributed by atoms with Crippen molar-refractivity contribution in [2.24, 2.45) is 0 Å². The maximum Gasteiger partial charge on any atom is 0.337 e. The van der Waals surface area contributed by atoms with Crippen molar-refractivity contribution in [3.05, 3.63) is 54.1 Å². The molecule has 1 aromatic carbocycles. The SMILES string of the molecule is COC(=O)C1=C(Nc2cc(-c3cn4cccnc4n3)ccc2OC)C(=O)N(CCO)C1. The number of aromatic nitrogens is 3. The molecule has 0 unspecified atom stereocenters. The van der Waals surface area contributed by atoms with Crippen LogP contribution in [-0.2, 0) is 14.3 Å². The molecular weight excluding hydrogens is 402 g/mol. The lowest BCUT2D eigenvalue weighted by molar-refractivity contribution is -0.136. The molecule has 0 atom stereocenters. The molecule has 0 fully saturated rings. The summed E-state index contributed by atoms with van der Waals surface area (Å²) in [6.45, 7) is -0.0569. The van der Waals surface area contributed by atoms with Gasteiger partial charge in [-0.1, -0.05) is 0 Å². The topological polar surface area (TPSA) is 118 Å². The Labute approximate surface area is 177 Å². The number of carbonyl (C=O) groups excluding carboxylic acids is 2. The van der Waals surface area contributed by atoms with E-state index in [2.05, 4.69) is 15.3 Å². The molecule has 0 aliphatic carbocycles. The number of esters is 1. The highest BCUT2D eigenvalue weighted by molar-refractivity contribution is 6.08. The molecule has 0 radical (unpaired) electrons. The molecule has 3 heterocycles. The Morgan fingerprint density at radius 2 is 2.16 bits per heavy atom. The molecule has 160 valence electrons. The van der Waals surface area contributed by atoms with E-state index in [1.165, 1.54) is 19.1 Å². The van der Waals surface area contributed by atoms with Gasteiger partial charge < -0.3 is 24.8 Å². The van der Waals surface area contributed by atoms with Gasteiger partial charge in [0.25, 0.3) is 5.91 Å². The van der Waals surface area contributed by atoms with E-state index < -0.39 is 11.9 Å². The molecule has 0 spiro atoms. The number of carbonyl (C=O) groups is 2. The maximum absolute atomic E-state index is 12.8. The number of benzene rings is 1. The number of aliphatic hydroxyl groups excluding tert-OH is 1. The van der Waals surface area contributed by atoms with Gasteiger partial charge in [0.15, 0.2) is 0 Å². The number of anilines is 1. The van der Waals surface area contributed by atoms with Crippen molar-refractivity contribution in [1.82, 2.24) is 19.3 Å². The van der Waals surface area contributed by atoms with Crippen molar-refractivity contribution in [1.29, 1.82) is 0 Å². The summed E-state index contributed by atoms with van der Waals surface area (Å²) in [6, 6.07) is 7.18. The van der Waals surface area contributed by atoms with Gasteiger partial charge in [0.05, 0.1) is 44.3 Å². The van der Waals surface area contributed by atoms with Gasteiger partial charge in [-0.25, -0.2) is 14.8 Å². The second kappa shape index (κ2) is 8.44. The summed E-state index contributed by atoms with van der Waals surface area (Å²) in [4.78, 5) is 35.2. The van der Waals surface area contributed by atoms with Crippen LogP contribution in [0.3, 0.4) is 0 Å². The zero-order valence-electron chi connectivity index (χ0n) is 17.0. The highest BCUT2D eigenvalue weighted by atomic mass is 16.5. The highest BCUT2D eigenvalue weighted by Crippen LogP contribution is 2.33. The molecular formula is C21H21N5O5. The number of hydrogen-bond donors (Lipinski definition) is 2. The average Bonchev–Trinajstić information content (AvgIpc) is 3.36. The lowest BCUT2D eigenvalue weighted by atomic mass is 10.1. The molecule has 3 aromatic rings. The fourth-order valence-electron chi connectivity index (χ4n) is 3.42. The zero-order valence-corrected chi connectivity index (χ0v) is 17.0. The number of nitrogens with zero attached hydrogens (tertiary/aromatic N) is 4. The number of ether oxygens (including phenoxy) is 2. The monoisotopic (exact) mass is 423 g/mol. The first-order valence-electron chi connectivity index (χ1n) is 9.52. The van der Waals surface area contributed by atoms with Crippen LogP contribution < -0.4 is 10.1 Å². The van der Waals surface area contributed by atoms with Gasteiger partial charge in [0.1, 0.15) is 11.4 Å². The quantitative estimate of drug-likeness (QED) is 0.542. The number of nitrogens with one attached hydrogen (secondary N) is 1. The summed E-state index contributed by atoms with van der Waals surface area (Å²) in [5.41, 5.74) is 2.22. The van der Waals surface area contributed by atoms with Crippen LogP contribution in [0, 0.1) is 0 Å². The van der Waals surface area contributed by atoms with Crippen LogP contribution in [0.4, 0.5) is 5.69 Å². The zero-order chi connectivity index (χ0) is 22.0. The summed E-state index contributed by atoms with van der Waals surface area (Å²) < 4.78 is 12.1. The third-order valence-electron chi connectivity index (χ3n) is 4.94. The van der Waals surface area contributed by atoms with Crippen LogP contribution >= 0.6 is 0 Å². The van der Waals surface area contributed by atoms with Crippen molar-refractivity contribution in [3.63, 3.8) is 0 Å². The summed E-state index contributed by atoms with van der Waals surface area (Å²) in [5, 5.41) is 12.3. The van der Waals surface area contributed by atoms with E-state index in [9.17, 15) is 14.7 Å². The molecule has 10 heteroatoms. The summed E-state index contributed by atoms with van der Waals surface area (Å²) >= 11 is 0. The fraction of sp³-hybridized carbons (Fsp3) is 0.238. The maximum atomic E-state index is 12.8. The van der Waals surface area contributed by atoms with Crippen molar-refractivity contribution in [2.75, 3.05) is 39.2 Å². The highest BCUT2D eigenvalue weighted by Gasteiger charge is 2.34.